The number of anilines is 1. The van der Waals surface area contributed by atoms with Crippen molar-refractivity contribution < 1.29 is 0 Å². The van der Waals surface area contributed by atoms with Crippen molar-refractivity contribution in [3.8, 4) is 11.1 Å². The van der Waals surface area contributed by atoms with Crippen LogP contribution in [0.25, 0.3) is 21.9 Å². The first-order valence-electron chi connectivity index (χ1n) is 8.71. The van der Waals surface area contributed by atoms with E-state index in [2.05, 4.69) is 103 Å². The van der Waals surface area contributed by atoms with Gasteiger partial charge in [-0.2, -0.15) is 0 Å². The SMILES string of the molecule is C[C@@H](Nc1ccc(-c2ccccc2)cc1)c1cccc2ccccc12. The molecule has 0 amide bonds. The Balaban J connectivity index is 1.57. The van der Waals surface area contributed by atoms with Gasteiger partial charge in [-0.05, 0) is 46.5 Å². The van der Waals surface area contributed by atoms with Crippen molar-refractivity contribution in [2.24, 2.45) is 0 Å². The Hall–Kier alpha value is -3.06. The van der Waals surface area contributed by atoms with Gasteiger partial charge in [-0.3, -0.25) is 0 Å². The summed E-state index contributed by atoms with van der Waals surface area (Å²) in [5, 5.41) is 6.23. The lowest BCUT2D eigenvalue weighted by atomic mass is 9.99. The first-order chi connectivity index (χ1) is 12.3. The zero-order chi connectivity index (χ0) is 17.1. The fourth-order valence-electron chi connectivity index (χ4n) is 3.35. The maximum atomic E-state index is 3.63. The predicted molar refractivity (Wildman–Crippen MR) is 108 cm³/mol. The van der Waals surface area contributed by atoms with Gasteiger partial charge < -0.3 is 5.32 Å². The minimum Gasteiger partial charge on any atom is -0.378 e. The highest BCUT2D eigenvalue weighted by Gasteiger charge is 2.09. The zero-order valence-electron chi connectivity index (χ0n) is 14.3. The first kappa shape index (κ1) is 15.5. The van der Waals surface area contributed by atoms with Crippen molar-refractivity contribution in [2.45, 2.75) is 13.0 Å². The third kappa shape index (κ3) is 3.27. The average Bonchev–Trinajstić information content (AvgIpc) is 2.69. The summed E-state index contributed by atoms with van der Waals surface area (Å²) >= 11 is 0. The van der Waals surface area contributed by atoms with E-state index in [9.17, 15) is 0 Å². The summed E-state index contributed by atoms with van der Waals surface area (Å²) in [6, 6.07) is 34.4. The topological polar surface area (TPSA) is 12.0 Å². The molecular weight excluding hydrogens is 302 g/mol. The third-order valence-corrected chi connectivity index (χ3v) is 4.67. The molecule has 0 saturated heterocycles. The lowest BCUT2D eigenvalue weighted by molar-refractivity contribution is 0.895. The molecule has 0 heterocycles. The molecule has 0 aliphatic rings. The Morgan fingerprint density at radius 1 is 0.600 bits per heavy atom. The van der Waals surface area contributed by atoms with Gasteiger partial charge >= 0.3 is 0 Å². The molecule has 0 fully saturated rings. The summed E-state index contributed by atoms with van der Waals surface area (Å²) in [5.74, 6) is 0. The highest BCUT2D eigenvalue weighted by atomic mass is 14.9. The van der Waals surface area contributed by atoms with Crippen molar-refractivity contribution in [1.82, 2.24) is 0 Å². The van der Waals surface area contributed by atoms with Crippen LogP contribution < -0.4 is 5.32 Å². The van der Waals surface area contributed by atoms with Gasteiger partial charge in [0.15, 0.2) is 0 Å². The summed E-state index contributed by atoms with van der Waals surface area (Å²) in [6.45, 7) is 2.22. The van der Waals surface area contributed by atoms with Gasteiger partial charge in [0.2, 0.25) is 0 Å². The maximum Gasteiger partial charge on any atom is 0.0491 e. The minimum atomic E-state index is 0.244. The smallest absolute Gasteiger partial charge is 0.0491 e. The van der Waals surface area contributed by atoms with Crippen molar-refractivity contribution in [3.63, 3.8) is 0 Å². The Bertz CT molecular complexity index is 966. The number of rotatable bonds is 4. The lowest BCUT2D eigenvalue weighted by Crippen LogP contribution is -2.07. The molecule has 0 unspecified atom stereocenters. The quantitative estimate of drug-likeness (QED) is 0.441. The second kappa shape index (κ2) is 6.82. The van der Waals surface area contributed by atoms with Crippen LogP contribution in [0.1, 0.15) is 18.5 Å². The van der Waals surface area contributed by atoms with Gasteiger partial charge in [0, 0.05) is 11.7 Å². The highest BCUT2D eigenvalue weighted by molar-refractivity contribution is 5.86. The molecule has 0 saturated carbocycles. The summed E-state index contributed by atoms with van der Waals surface area (Å²) in [4.78, 5) is 0. The van der Waals surface area contributed by atoms with Gasteiger partial charge in [-0.15, -0.1) is 0 Å². The lowest BCUT2D eigenvalue weighted by Gasteiger charge is -2.18. The molecule has 1 N–H and O–H groups in total. The molecule has 4 aromatic rings. The van der Waals surface area contributed by atoms with E-state index < -0.39 is 0 Å². The van der Waals surface area contributed by atoms with Crippen molar-refractivity contribution in [3.05, 3.63) is 103 Å². The van der Waals surface area contributed by atoms with E-state index in [1.54, 1.807) is 0 Å². The largest absolute Gasteiger partial charge is 0.378 e. The highest BCUT2D eigenvalue weighted by Crippen LogP contribution is 2.28. The van der Waals surface area contributed by atoms with Crippen LogP contribution in [0.3, 0.4) is 0 Å². The zero-order valence-corrected chi connectivity index (χ0v) is 14.3. The molecule has 4 aromatic carbocycles. The van der Waals surface area contributed by atoms with E-state index >= 15 is 0 Å². The molecule has 0 bridgehead atoms. The molecule has 0 aliphatic carbocycles. The van der Waals surface area contributed by atoms with Crippen molar-refractivity contribution >= 4 is 16.5 Å². The fourth-order valence-corrected chi connectivity index (χ4v) is 3.35. The van der Waals surface area contributed by atoms with E-state index in [-0.39, 0.29) is 6.04 Å². The molecule has 1 nitrogen and oxygen atoms in total. The normalized spacial score (nSPS) is 12.0. The Morgan fingerprint density at radius 3 is 2.04 bits per heavy atom. The second-order valence-electron chi connectivity index (χ2n) is 6.38. The fraction of sp³-hybridized carbons (Fsp3) is 0.0833. The number of hydrogen-bond donors (Lipinski definition) is 1. The van der Waals surface area contributed by atoms with E-state index in [0.29, 0.717) is 0 Å². The molecular formula is C24H21N. The maximum absolute atomic E-state index is 3.63. The van der Waals surface area contributed by atoms with Crippen LogP contribution >= 0.6 is 0 Å². The van der Waals surface area contributed by atoms with Crippen LogP contribution in [-0.4, -0.2) is 0 Å². The number of nitrogens with one attached hydrogen (secondary N) is 1. The van der Waals surface area contributed by atoms with E-state index in [4.69, 9.17) is 0 Å². The van der Waals surface area contributed by atoms with Crippen LogP contribution in [-0.2, 0) is 0 Å². The van der Waals surface area contributed by atoms with Crippen LogP contribution in [0.4, 0.5) is 5.69 Å². The molecule has 25 heavy (non-hydrogen) atoms. The second-order valence-corrected chi connectivity index (χ2v) is 6.38. The van der Waals surface area contributed by atoms with Crippen molar-refractivity contribution in [1.29, 1.82) is 0 Å². The summed E-state index contributed by atoms with van der Waals surface area (Å²) < 4.78 is 0. The number of benzene rings is 4. The van der Waals surface area contributed by atoms with Gasteiger partial charge in [-0.1, -0.05) is 84.9 Å². The van der Waals surface area contributed by atoms with E-state index in [1.165, 1.54) is 27.5 Å². The third-order valence-electron chi connectivity index (χ3n) is 4.67. The predicted octanol–water partition coefficient (Wildman–Crippen LogP) is 6.68. The average molecular weight is 323 g/mol. The minimum absolute atomic E-state index is 0.244. The van der Waals surface area contributed by atoms with Crippen LogP contribution in [0.15, 0.2) is 97.1 Å². The van der Waals surface area contributed by atoms with Gasteiger partial charge in [-0.25, -0.2) is 0 Å². The van der Waals surface area contributed by atoms with Crippen LogP contribution in [0.2, 0.25) is 0 Å². The molecule has 0 spiro atoms. The van der Waals surface area contributed by atoms with Crippen LogP contribution in [0, 0.1) is 0 Å². The Kier molecular flexibility index (Phi) is 4.22. The molecule has 4 rings (SSSR count). The summed E-state index contributed by atoms with van der Waals surface area (Å²) in [7, 11) is 0. The number of hydrogen-bond acceptors (Lipinski definition) is 1. The van der Waals surface area contributed by atoms with Crippen molar-refractivity contribution in [2.75, 3.05) is 5.32 Å². The van der Waals surface area contributed by atoms with E-state index in [1.807, 2.05) is 6.07 Å². The monoisotopic (exact) mass is 323 g/mol. The van der Waals surface area contributed by atoms with Gasteiger partial charge in [0.1, 0.15) is 0 Å². The molecule has 0 aromatic heterocycles. The molecule has 122 valence electrons. The first-order valence-corrected chi connectivity index (χ1v) is 8.71. The van der Waals surface area contributed by atoms with Gasteiger partial charge in [0.05, 0.1) is 0 Å². The molecule has 1 heteroatoms. The molecule has 0 radical (unpaired) electrons. The van der Waals surface area contributed by atoms with E-state index in [0.717, 1.165) is 5.69 Å². The van der Waals surface area contributed by atoms with Crippen LogP contribution in [0.5, 0.6) is 0 Å². The molecule has 1 atom stereocenters. The molecule has 0 aliphatic heterocycles. The van der Waals surface area contributed by atoms with Gasteiger partial charge in [0.25, 0.3) is 0 Å². The summed E-state index contributed by atoms with van der Waals surface area (Å²) in [5.41, 5.74) is 4.95. The summed E-state index contributed by atoms with van der Waals surface area (Å²) in [6.07, 6.45) is 0. The standard InChI is InChI=1S/C24H21N/c1-18(23-13-7-11-21-10-5-6-12-24(21)23)25-22-16-14-20(15-17-22)19-8-3-2-4-9-19/h2-18,25H,1H3/t18-/m1/s1. The Morgan fingerprint density at radius 2 is 1.24 bits per heavy atom. The number of fused-ring (bicyclic) bond motifs is 1. The Labute approximate surface area is 149 Å².